The summed E-state index contributed by atoms with van der Waals surface area (Å²) in [5, 5.41) is 4.95. The number of benzene rings is 3. The molecule has 0 aliphatic heterocycles. The maximum atomic E-state index is 13.9. The van der Waals surface area contributed by atoms with Gasteiger partial charge in [-0.25, -0.2) is 9.37 Å². The summed E-state index contributed by atoms with van der Waals surface area (Å²) in [6.45, 7) is 6.30. The first-order chi connectivity index (χ1) is 16.9. The molecule has 0 amide bonds. The zero-order valence-corrected chi connectivity index (χ0v) is 21.3. The lowest BCUT2D eigenvalue weighted by Crippen LogP contribution is -2.23. The Labute approximate surface area is 211 Å². The fraction of sp³-hybridized carbons (Fsp3) is 0.222. The Morgan fingerprint density at radius 1 is 1.09 bits per heavy atom. The molecule has 180 valence electrons. The largest absolute Gasteiger partial charge is 0.490 e. The molecule has 0 fully saturated rings. The van der Waals surface area contributed by atoms with Gasteiger partial charge in [0.15, 0.2) is 11.5 Å². The van der Waals surface area contributed by atoms with E-state index in [2.05, 4.69) is 26.0 Å². The van der Waals surface area contributed by atoms with Crippen molar-refractivity contribution >= 4 is 33.0 Å². The molecule has 6 nitrogen and oxygen atoms in total. The summed E-state index contributed by atoms with van der Waals surface area (Å²) >= 11 is 3.41. The van der Waals surface area contributed by atoms with Crippen LogP contribution in [-0.4, -0.2) is 22.5 Å². The van der Waals surface area contributed by atoms with E-state index >= 15 is 0 Å². The minimum atomic E-state index is -0.323. The number of hydrogen-bond donors (Lipinski definition) is 0. The van der Waals surface area contributed by atoms with E-state index in [1.807, 2.05) is 32.9 Å². The zero-order valence-electron chi connectivity index (χ0n) is 19.7. The highest BCUT2D eigenvalue weighted by Crippen LogP contribution is 2.29. The van der Waals surface area contributed by atoms with E-state index < -0.39 is 0 Å². The average molecular weight is 538 g/mol. The quantitative estimate of drug-likeness (QED) is 0.248. The number of fused-ring (bicyclic) bond motifs is 1. The van der Waals surface area contributed by atoms with Crippen LogP contribution in [0.5, 0.6) is 11.5 Å². The van der Waals surface area contributed by atoms with Gasteiger partial charge in [0.2, 0.25) is 0 Å². The second-order valence-electron chi connectivity index (χ2n) is 8.17. The maximum absolute atomic E-state index is 13.9. The fourth-order valence-corrected chi connectivity index (χ4v) is 3.90. The maximum Gasteiger partial charge on any atom is 0.282 e. The number of halogens is 2. The fourth-order valence-electron chi connectivity index (χ4n) is 3.54. The molecule has 0 atom stereocenters. The lowest BCUT2D eigenvalue weighted by atomic mass is 10.2. The van der Waals surface area contributed by atoms with Crippen molar-refractivity contribution in [3.63, 3.8) is 0 Å². The molecule has 1 aromatic heterocycles. The van der Waals surface area contributed by atoms with Gasteiger partial charge >= 0.3 is 0 Å². The van der Waals surface area contributed by atoms with Crippen molar-refractivity contribution in [1.29, 1.82) is 0 Å². The molecule has 4 rings (SSSR count). The van der Waals surface area contributed by atoms with Gasteiger partial charge in [0.1, 0.15) is 18.2 Å². The van der Waals surface area contributed by atoms with Crippen LogP contribution in [0, 0.1) is 5.82 Å². The van der Waals surface area contributed by atoms with E-state index in [0.717, 1.165) is 4.47 Å². The highest BCUT2D eigenvalue weighted by atomic mass is 79.9. The van der Waals surface area contributed by atoms with Gasteiger partial charge in [-0.1, -0.05) is 48.0 Å². The summed E-state index contributed by atoms with van der Waals surface area (Å²) in [6, 6.07) is 17.2. The van der Waals surface area contributed by atoms with Crippen molar-refractivity contribution in [3.05, 3.63) is 98.3 Å². The van der Waals surface area contributed by atoms with Crippen LogP contribution in [0.4, 0.5) is 4.39 Å². The first-order valence-corrected chi connectivity index (χ1v) is 12.1. The molecule has 0 bridgehead atoms. The second-order valence-corrected chi connectivity index (χ2v) is 9.08. The van der Waals surface area contributed by atoms with Gasteiger partial charge in [-0.05, 0) is 55.0 Å². The van der Waals surface area contributed by atoms with E-state index in [9.17, 15) is 9.18 Å². The first kappa shape index (κ1) is 24.6. The van der Waals surface area contributed by atoms with Crippen LogP contribution in [0.25, 0.3) is 10.9 Å². The van der Waals surface area contributed by atoms with E-state index in [0.29, 0.717) is 46.0 Å². The molecular formula is C27H25BrFN3O3. The normalized spacial score (nSPS) is 11.5. The van der Waals surface area contributed by atoms with Crippen LogP contribution in [0.1, 0.15) is 43.6 Å². The standard InChI is InChI=1S/C27H25BrFN3O3/c1-4-34-25-13-18(9-12-24(25)35-16-19-7-5-6-8-22(19)29)15-30-32-26(17(2)3)31-23-11-10-20(28)14-21(23)27(32)33/h5-15,17H,4,16H2,1-3H3. The second kappa shape index (κ2) is 10.8. The van der Waals surface area contributed by atoms with Crippen LogP contribution in [0.2, 0.25) is 0 Å². The lowest BCUT2D eigenvalue weighted by molar-refractivity contribution is 0.266. The number of hydrogen-bond acceptors (Lipinski definition) is 5. The summed E-state index contributed by atoms with van der Waals surface area (Å²) in [5.41, 5.74) is 1.55. The smallest absolute Gasteiger partial charge is 0.282 e. The Hall–Kier alpha value is -3.52. The van der Waals surface area contributed by atoms with Crippen molar-refractivity contribution < 1.29 is 13.9 Å². The Bertz CT molecular complexity index is 1450. The van der Waals surface area contributed by atoms with Crippen molar-refractivity contribution in [2.45, 2.75) is 33.3 Å². The summed E-state index contributed by atoms with van der Waals surface area (Å²) in [4.78, 5) is 17.9. The monoisotopic (exact) mass is 537 g/mol. The van der Waals surface area contributed by atoms with Crippen molar-refractivity contribution in [2.24, 2.45) is 5.10 Å². The number of nitrogens with zero attached hydrogens (tertiary/aromatic N) is 3. The van der Waals surface area contributed by atoms with Gasteiger partial charge in [0.05, 0.1) is 23.7 Å². The number of ether oxygens (including phenoxy) is 2. The third-order valence-electron chi connectivity index (χ3n) is 5.28. The third kappa shape index (κ3) is 5.59. The van der Waals surface area contributed by atoms with Gasteiger partial charge < -0.3 is 9.47 Å². The van der Waals surface area contributed by atoms with Gasteiger partial charge in [0.25, 0.3) is 5.56 Å². The molecule has 4 aromatic rings. The molecule has 0 spiro atoms. The van der Waals surface area contributed by atoms with E-state index in [1.54, 1.807) is 48.7 Å². The van der Waals surface area contributed by atoms with Gasteiger partial charge in [-0.2, -0.15) is 9.78 Å². The molecule has 8 heteroatoms. The number of rotatable bonds is 8. The Morgan fingerprint density at radius 2 is 1.89 bits per heavy atom. The minimum Gasteiger partial charge on any atom is -0.490 e. The zero-order chi connectivity index (χ0) is 24.9. The molecule has 0 N–H and O–H groups in total. The predicted molar refractivity (Wildman–Crippen MR) is 139 cm³/mol. The average Bonchev–Trinajstić information content (AvgIpc) is 2.84. The molecule has 0 aliphatic rings. The first-order valence-electron chi connectivity index (χ1n) is 11.3. The highest BCUT2D eigenvalue weighted by molar-refractivity contribution is 9.10. The summed E-state index contributed by atoms with van der Waals surface area (Å²) < 4.78 is 27.6. The van der Waals surface area contributed by atoms with Crippen molar-refractivity contribution in [2.75, 3.05) is 6.61 Å². The van der Waals surface area contributed by atoms with Gasteiger partial charge in [-0.3, -0.25) is 4.79 Å². The summed E-state index contributed by atoms with van der Waals surface area (Å²) in [6.07, 6.45) is 1.59. The molecule has 0 saturated carbocycles. The van der Waals surface area contributed by atoms with E-state index in [4.69, 9.17) is 9.47 Å². The van der Waals surface area contributed by atoms with Crippen LogP contribution in [0.15, 0.2) is 75.0 Å². The topological polar surface area (TPSA) is 65.7 Å². The van der Waals surface area contributed by atoms with Crippen LogP contribution in [0.3, 0.4) is 0 Å². The third-order valence-corrected chi connectivity index (χ3v) is 5.77. The lowest BCUT2D eigenvalue weighted by Gasteiger charge is -2.13. The molecular weight excluding hydrogens is 513 g/mol. The Kier molecular flexibility index (Phi) is 7.60. The predicted octanol–water partition coefficient (Wildman–Crippen LogP) is 6.28. The molecule has 0 radical (unpaired) electrons. The molecule has 3 aromatic carbocycles. The SMILES string of the molecule is CCOc1cc(C=Nn2c(C(C)C)nc3ccc(Br)cc3c2=O)ccc1OCc1ccccc1F. The van der Waals surface area contributed by atoms with Crippen LogP contribution < -0.4 is 15.0 Å². The molecule has 1 heterocycles. The highest BCUT2D eigenvalue weighted by Gasteiger charge is 2.14. The summed E-state index contributed by atoms with van der Waals surface area (Å²) in [7, 11) is 0. The Balaban J connectivity index is 1.66. The van der Waals surface area contributed by atoms with E-state index in [1.165, 1.54) is 10.7 Å². The van der Waals surface area contributed by atoms with Crippen molar-refractivity contribution in [3.8, 4) is 11.5 Å². The minimum absolute atomic E-state index is 0.0129. The molecule has 0 unspecified atom stereocenters. The van der Waals surface area contributed by atoms with Crippen LogP contribution >= 0.6 is 15.9 Å². The van der Waals surface area contributed by atoms with Crippen LogP contribution in [-0.2, 0) is 6.61 Å². The van der Waals surface area contributed by atoms with E-state index in [-0.39, 0.29) is 23.9 Å². The summed E-state index contributed by atoms with van der Waals surface area (Å²) in [5.74, 6) is 1.22. The Morgan fingerprint density at radius 3 is 2.63 bits per heavy atom. The molecule has 0 saturated heterocycles. The van der Waals surface area contributed by atoms with Gasteiger partial charge in [0, 0.05) is 16.0 Å². The van der Waals surface area contributed by atoms with Crippen molar-refractivity contribution in [1.82, 2.24) is 9.66 Å². The molecule has 35 heavy (non-hydrogen) atoms. The molecule has 0 aliphatic carbocycles. The number of aromatic nitrogens is 2. The van der Waals surface area contributed by atoms with Gasteiger partial charge in [-0.15, -0.1) is 0 Å².